The molecule has 0 saturated carbocycles. The average Bonchev–Trinajstić information content (AvgIpc) is 2.83. The van der Waals surface area contributed by atoms with Crippen LogP contribution in [0.3, 0.4) is 0 Å². The summed E-state index contributed by atoms with van der Waals surface area (Å²) in [4.78, 5) is 22.9. The minimum Gasteiger partial charge on any atom is -0.497 e. The van der Waals surface area contributed by atoms with E-state index in [4.69, 9.17) is 4.74 Å². The molecule has 3 rings (SSSR count). The number of hydrazone groups is 1. The molecule has 0 aliphatic rings. The number of ether oxygens (including phenoxy) is 1. The van der Waals surface area contributed by atoms with Crippen LogP contribution in [0.1, 0.15) is 5.56 Å². The van der Waals surface area contributed by atoms with Crippen molar-refractivity contribution in [2.24, 2.45) is 5.10 Å². The van der Waals surface area contributed by atoms with Crippen LogP contribution in [0.5, 0.6) is 5.75 Å². The van der Waals surface area contributed by atoms with Gasteiger partial charge in [-0.3, -0.25) is 19.2 Å². The maximum atomic E-state index is 13.2. The molecule has 0 aliphatic carbocycles. The predicted octanol–water partition coefficient (Wildman–Crippen LogP) is 2.95. The number of amides is 1. The number of nitro groups is 1. The number of non-ortho nitro benzene ring substituents is 1. The Bertz CT molecular complexity index is 1260. The fourth-order valence-corrected chi connectivity index (χ4v) is 4.29. The van der Waals surface area contributed by atoms with E-state index in [1.54, 1.807) is 36.4 Å². The zero-order valence-electron chi connectivity index (χ0n) is 17.5. The molecule has 0 fully saturated rings. The molecule has 170 valence electrons. The lowest BCUT2D eigenvalue weighted by molar-refractivity contribution is -0.384. The number of carbonyl (C=O) groups excluding carboxylic acids is 1. The van der Waals surface area contributed by atoms with Gasteiger partial charge in [-0.05, 0) is 36.4 Å². The Morgan fingerprint density at radius 2 is 1.79 bits per heavy atom. The highest BCUT2D eigenvalue weighted by Gasteiger charge is 2.27. The molecule has 10 nitrogen and oxygen atoms in total. The first-order chi connectivity index (χ1) is 15.8. The van der Waals surface area contributed by atoms with Crippen LogP contribution >= 0.6 is 0 Å². The van der Waals surface area contributed by atoms with Crippen LogP contribution in [0.25, 0.3) is 0 Å². The van der Waals surface area contributed by atoms with E-state index in [1.165, 1.54) is 55.8 Å². The topological polar surface area (TPSA) is 131 Å². The second-order valence-electron chi connectivity index (χ2n) is 6.67. The number of nitrogens with one attached hydrogen (secondary N) is 1. The zero-order chi connectivity index (χ0) is 23.8. The van der Waals surface area contributed by atoms with Crippen molar-refractivity contribution in [3.63, 3.8) is 0 Å². The van der Waals surface area contributed by atoms with Gasteiger partial charge in [0.2, 0.25) is 0 Å². The largest absolute Gasteiger partial charge is 0.497 e. The van der Waals surface area contributed by atoms with E-state index in [1.807, 2.05) is 0 Å². The first-order valence-corrected chi connectivity index (χ1v) is 11.0. The predicted molar refractivity (Wildman–Crippen MR) is 123 cm³/mol. The lowest BCUT2D eigenvalue weighted by Crippen LogP contribution is -2.39. The fraction of sp³-hybridized carbons (Fsp3) is 0.0909. The summed E-state index contributed by atoms with van der Waals surface area (Å²) in [6.07, 6.45) is 1.23. The molecule has 0 aliphatic heterocycles. The van der Waals surface area contributed by atoms with E-state index < -0.39 is 27.4 Å². The van der Waals surface area contributed by atoms with Gasteiger partial charge in [0, 0.05) is 17.7 Å². The van der Waals surface area contributed by atoms with Gasteiger partial charge in [-0.15, -0.1) is 0 Å². The molecule has 0 saturated heterocycles. The highest BCUT2D eigenvalue weighted by Crippen LogP contribution is 2.25. The number of benzene rings is 3. The van der Waals surface area contributed by atoms with E-state index >= 15 is 0 Å². The normalized spacial score (nSPS) is 11.2. The summed E-state index contributed by atoms with van der Waals surface area (Å²) < 4.78 is 32.5. The summed E-state index contributed by atoms with van der Waals surface area (Å²) in [6.45, 7) is -0.546. The first kappa shape index (κ1) is 23.4. The number of nitro benzene ring substituents is 1. The van der Waals surface area contributed by atoms with Gasteiger partial charge in [0.1, 0.15) is 12.3 Å². The Morgan fingerprint density at radius 1 is 1.09 bits per heavy atom. The molecule has 1 N–H and O–H groups in total. The van der Waals surface area contributed by atoms with Crippen LogP contribution in [-0.4, -0.2) is 39.1 Å². The molecule has 33 heavy (non-hydrogen) atoms. The molecule has 0 aromatic heterocycles. The molecule has 11 heteroatoms. The average molecular weight is 468 g/mol. The Morgan fingerprint density at radius 3 is 2.42 bits per heavy atom. The zero-order valence-corrected chi connectivity index (χ0v) is 18.3. The molecule has 0 spiro atoms. The number of methoxy groups -OCH3 is 1. The molecular formula is C22H20N4O6S. The summed E-state index contributed by atoms with van der Waals surface area (Å²) in [5, 5.41) is 14.6. The number of sulfonamides is 1. The number of nitrogens with zero attached hydrogens (tertiary/aromatic N) is 3. The molecule has 0 radical (unpaired) electrons. The summed E-state index contributed by atoms with van der Waals surface area (Å²) in [5.41, 5.74) is 2.79. The smallest absolute Gasteiger partial charge is 0.270 e. The summed E-state index contributed by atoms with van der Waals surface area (Å²) in [5.74, 6) is -0.172. The second-order valence-corrected chi connectivity index (χ2v) is 8.53. The van der Waals surface area contributed by atoms with Crippen molar-refractivity contribution in [1.29, 1.82) is 0 Å². The second kappa shape index (κ2) is 10.4. The molecule has 3 aromatic carbocycles. The third kappa shape index (κ3) is 5.92. The van der Waals surface area contributed by atoms with E-state index in [-0.39, 0.29) is 16.3 Å². The van der Waals surface area contributed by atoms with Gasteiger partial charge in [0.25, 0.3) is 21.6 Å². The van der Waals surface area contributed by atoms with Crippen LogP contribution in [0, 0.1) is 10.1 Å². The van der Waals surface area contributed by atoms with Crippen molar-refractivity contribution in [2.45, 2.75) is 4.90 Å². The number of hydrogen-bond donors (Lipinski definition) is 1. The standard InChI is InChI=1S/C22H20N4O6S/c1-32-20-12-10-18(11-13-20)25(33(30,31)21-8-3-2-4-9-21)16-22(27)24-23-15-17-6-5-7-19(14-17)26(28)29/h2-15H,16H2,1H3,(H,24,27). The van der Waals surface area contributed by atoms with Gasteiger partial charge in [0.15, 0.2) is 0 Å². The molecule has 1 amide bonds. The quantitative estimate of drug-likeness (QED) is 0.292. The van der Waals surface area contributed by atoms with Gasteiger partial charge in [-0.25, -0.2) is 13.8 Å². The number of anilines is 1. The third-order valence-corrected chi connectivity index (χ3v) is 6.25. The molecule has 0 bridgehead atoms. The first-order valence-electron chi connectivity index (χ1n) is 9.59. The summed E-state index contributed by atoms with van der Waals surface area (Å²) in [6, 6.07) is 19.6. The fourth-order valence-electron chi connectivity index (χ4n) is 2.85. The van der Waals surface area contributed by atoms with Crippen LogP contribution in [0.4, 0.5) is 11.4 Å². The lowest BCUT2D eigenvalue weighted by atomic mass is 10.2. The maximum absolute atomic E-state index is 13.2. The van der Waals surface area contributed by atoms with Crippen molar-refractivity contribution in [2.75, 3.05) is 18.0 Å². The molecule has 3 aromatic rings. The molecule has 0 unspecified atom stereocenters. The Labute approximate surface area is 190 Å². The van der Waals surface area contributed by atoms with E-state index in [9.17, 15) is 23.3 Å². The molecular weight excluding hydrogens is 448 g/mol. The van der Waals surface area contributed by atoms with E-state index in [0.29, 0.717) is 11.3 Å². The summed E-state index contributed by atoms with van der Waals surface area (Å²) in [7, 11) is -2.57. The monoisotopic (exact) mass is 468 g/mol. The van der Waals surface area contributed by atoms with Crippen molar-refractivity contribution in [3.8, 4) is 5.75 Å². The van der Waals surface area contributed by atoms with Gasteiger partial charge < -0.3 is 4.74 Å². The SMILES string of the molecule is COc1ccc(N(CC(=O)NN=Cc2cccc([N+](=O)[O-])c2)S(=O)(=O)c2ccccc2)cc1. The number of hydrogen-bond acceptors (Lipinski definition) is 7. The van der Waals surface area contributed by atoms with Crippen LogP contribution in [-0.2, 0) is 14.8 Å². The van der Waals surface area contributed by atoms with Gasteiger partial charge >= 0.3 is 0 Å². The minimum atomic E-state index is -4.06. The third-order valence-electron chi connectivity index (χ3n) is 4.46. The van der Waals surface area contributed by atoms with Crippen molar-refractivity contribution in [1.82, 2.24) is 5.43 Å². The number of rotatable bonds is 9. The minimum absolute atomic E-state index is 0.0220. The highest BCUT2D eigenvalue weighted by atomic mass is 32.2. The van der Waals surface area contributed by atoms with Crippen LogP contribution < -0.4 is 14.5 Å². The molecule has 0 atom stereocenters. The Kier molecular flexibility index (Phi) is 7.36. The van der Waals surface area contributed by atoms with Gasteiger partial charge in [-0.1, -0.05) is 30.3 Å². The highest BCUT2D eigenvalue weighted by molar-refractivity contribution is 7.92. The van der Waals surface area contributed by atoms with E-state index in [0.717, 1.165) is 4.31 Å². The van der Waals surface area contributed by atoms with Crippen molar-refractivity contribution < 1.29 is 22.9 Å². The van der Waals surface area contributed by atoms with E-state index in [2.05, 4.69) is 10.5 Å². The number of carbonyl (C=O) groups is 1. The summed E-state index contributed by atoms with van der Waals surface area (Å²) >= 11 is 0. The lowest BCUT2D eigenvalue weighted by Gasteiger charge is -2.23. The van der Waals surface area contributed by atoms with Crippen molar-refractivity contribution in [3.05, 3.63) is 94.5 Å². The van der Waals surface area contributed by atoms with Crippen LogP contribution in [0.15, 0.2) is 88.9 Å². The Balaban J connectivity index is 1.81. The van der Waals surface area contributed by atoms with Crippen LogP contribution in [0.2, 0.25) is 0 Å². The van der Waals surface area contributed by atoms with Gasteiger partial charge in [0.05, 0.1) is 28.8 Å². The Hall–Kier alpha value is -4.25. The van der Waals surface area contributed by atoms with Crippen molar-refractivity contribution >= 4 is 33.5 Å². The maximum Gasteiger partial charge on any atom is 0.270 e. The van der Waals surface area contributed by atoms with Gasteiger partial charge in [-0.2, -0.15) is 5.10 Å². The molecule has 0 heterocycles.